The van der Waals surface area contributed by atoms with Crippen molar-refractivity contribution in [3.05, 3.63) is 126 Å². The van der Waals surface area contributed by atoms with E-state index in [1.165, 1.54) is 61.2 Å². The zero-order valence-electron chi connectivity index (χ0n) is 21.3. The summed E-state index contributed by atoms with van der Waals surface area (Å²) < 4.78 is 0. The summed E-state index contributed by atoms with van der Waals surface area (Å²) in [5, 5.41) is 0. The Hall–Kier alpha value is -3.97. The Kier molecular flexibility index (Phi) is 4.31. The second-order valence-corrected chi connectivity index (χ2v) is 11.3. The summed E-state index contributed by atoms with van der Waals surface area (Å²) in [6, 6.07) is 35.8. The molecule has 0 radical (unpaired) electrons. The standard InChI is InChI=1S/C35H29N/c1-34(2)29-11-7-5-9-26(29)27-18-17-24(21-31(27)34)22-13-15-23(16-14-22)25-19-20-36-33-28-10-6-8-12-30(28)35(3,4)32(25)33/h5-21H,1-4H3. The van der Waals surface area contributed by atoms with Crippen LogP contribution in [0.25, 0.3) is 44.6 Å². The first-order valence-electron chi connectivity index (χ1n) is 12.8. The van der Waals surface area contributed by atoms with Crippen LogP contribution in [0, 0.1) is 0 Å². The van der Waals surface area contributed by atoms with E-state index in [0.29, 0.717) is 0 Å². The number of hydrogen-bond acceptors (Lipinski definition) is 1. The zero-order valence-corrected chi connectivity index (χ0v) is 21.3. The summed E-state index contributed by atoms with van der Waals surface area (Å²) in [5.74, 6) is 0. The molecule has 0 bridgehead atoms. The fraction of sp³-hybridized carbons (Fsp3) is 0.171. The predicted molar refractivity (Wildman–Crippen MR) is 150 cm³/mol. The van der Waals surface area contributed by atoms with Crippen LogP contribution in [0.2, 0.25) is 0 Å². The minimum Gasteiger partial charge on any atom is -0.256 e. The molecule has 0 saturated carbocycles. The summed E-state index contributed by atoms with van der Waals surface area (Å²) >= 11 is 0. The van der Waals surface area contributed by atoms with Gasteiger partial charge in [-0.05, 0) is 67.8 Å². The Morgan fingerprint density at radius 2 is 1.06 bits per heavy atom. The second-order valence-electron chi connectivity index (χ2n) is 11.3. The Labute approximate surface area is 213 Å². The van der Waals surface area contributed by atoms with Crippen LogP contribution in [0.5, 0.6) is 0 Å². The molecular formula is C35H29N. The lowest BCUT2D eigenvalue weighted by Crippen LogP contribution is -2.16. The number of fused-ring (bicyclic) bond motifs is 6. The fourth-order valence-electron chi connectivity index (χ4n) is 6.63. The number of rotatable bonds is 2. The van der Waals surface area contributed by atoms with Gasteiger partial charge in [-0.1, -0.05) is 113 Å². The van der Waals surface area contributed by atoms with E-state index in [1.807, 2.05) is 6.20 Å². The maximum absolute atomic E-state index is 4.81. The average molecular weight is 464 g/mol. The van der Waals surface area contributed by atoms with Crippen LogP contribution >= 0.6 is 0 Å². The van der Waals surface area contributed by atoms with Gasteiger partial charge in [0.25, 0.3) is 0 Å². The van der Waals surface area contributed by atoms with Crippen molar-refractivity contribution < 1.29 is 0 Å². The highest BCUT2D eigenvalue weighted by atomic mass is 14.7. The zero-order chi connectivity index (χ0) is 24.7. The molecule has 0 aliphatic heterocycles. The number of benzene rings is 4. The molecule has 36 heavy (non-hydrogen) atoms. The van der Waals surface area contributed by atoms with Gasteiger partial charge >= 0.3 is 0 Å². The summed E-state index contributed by atoms with van der Waals surface area (Å²) in [7, 11) is 0. The van der Waals surface area contributed by atoms with Crippen LogP contribution in [-0.2, 0) is 10.8 Å². The Morgan fingerprint density at radius 1 is 0.472 bits per heavy atom. The van der Waals surface area contributed by atoms with E-state index in [9.17, 15) is 0 Å². The van der Waals surface area contributed by atoms with Gasteiger partial charge in [-0.2, -0.15) is 0 Å². The molecule has 0 N–H and O–H groups in total. The first kappa shape index (κ1) is 21.3. The van der Waals surface area contributed by atoms with Crippen molar-refractivity contribution in [2.24, 2.45) is 0 Å². The van der Waals surface area contributed by atoms with Crippen molar-refractivity contribution >= 4 is 0 Å². The number of hydrogen-bond donors (Lipinski definition) is 0. The molecule has 1 heteroatoms. The van der Waals surface area contributed by atoms with E-state index >= 15 is 0 Å². The van der Waals surface area contributed by atoms with Gasteiger partial charge in [0.2, 0.25) is 0 Å². The van der Waals surface area contributed by atoms with Crippen LogP contribution in [-0.4, -0.2) is 4.98 Å². The molecule has 4 aromatic carbocycles. The maximum atomic E-state index is 4.81. The van der Waals surface area contributed by atoms with Crippen LogP contribution in [0.3, 0.4) is 0 Å². The first-order valence-corrected chi connectivity index (χ1v) is 12.8. The van der Waals surface area contributed by atoms with E-state index in [0.717, 1.165) is 5.69 Å². The number of pyridine rings is 1. The predicted octanol–water partition coefficient (Wildman–Crippen LogP) is 9.03. The lowest BCUT2D eigenvalue weighted by Gasteiger charge is -2.24. The van der Waals surface area contributed by atoms with Gasteiger partial charge in [-0.25, -0.2) is 0 Å². The largest absolute Gasteiger partial charge is 0.256 e. The Bertz CT molecular complexity index is 1670. The van der Waals surface area contributed by atoms with E-state index in [1.54, 1.807) is 0 Å². The van der Waals surface area contributed by atoms with Crippen LogP contribution < -0.4 is 0 Å². The highest BCUT2D eigenvalue weighted by Crippen LogP contribution is 2.52. The van der Waals surface area contributed by atoms with Crippen molar-refractivity contribution in [3.63, 3.8) is 0 Å². The van der Waals surface area contributed by atoms with Crippen LogP contribution in [0.15, 0.2) is 103 Å². The smallest absolute Gasteiger partial charge is 0.0752 e. The fourth-order valence-corrected chi connectivity index (χ4v) is 6.63. The molecule has 0 saturated heterocycles. The van der Waals surface area contributed by atoms with Crippen molar-refractivity contribution in [2.75, 3.05) is 0 Å². The quantitative estimate of drug-likeness (QED) is 0.254. The molecule has 0 atom stereocenters. The van der Waals surface area contributed by atoms with E-state index in [4.69, 9.17) is 4.98 Å². The molecule has 0 unspecified atom stereocenters. The van der Waals surface area contributed by atoms with Gasteiger partial charge in [0.05, 0.1) is 5.69 Å². The van der Waals surface area contributed by atoms with Crippen LogP contribution in [0.1, 0.15) is 49.9 Å². The molecule has 2 aliphatic carbocycles. The second kappa shape index (κ2) is 7.27. The first-order chi connectivity index (χ1) is 17.4. The minimum atomic E-state index is -0.0746. The molecule has 1 nitrogen and oxygen atoms in total. The third-order valence-electron chi connectivity index (χ3n) is 8.54. The van der Waals surface area contributed by atoms with Gasteiger partial charge in [-0.3, -0.25) is 4.98 Å². The average Bonchev–Trinajstić information content (AvgIpc) is 3.29. The van der Waals surface area contributed by atoms with Crippen molar-refractivity contribution in [2.45, 2.75) is 38.5 Å². The molecular weight excluding hydrogens is 434 g/mol. The van der Waals surface area contributed by atoms with Gasteiger partial charge in [0.1, 0.15) is 0 Å². The van der Waals surface area contributed by atoms with Gasteiger partial charge < -0.3 is 0 Å². The minimum absolute atomic E-state index is 0.0139. The number of nitrogens with zero attached hydrogens (tertiary/aromatic N) is 1. The van der Waals surface area contributed by atoms with Crippen molar-refractivity contribution in [1.82, 2.24) is 4.98 Å². The maximum Gasteiger partial charge on any atom is 0.0752 e. The third kappa shape index (κ3) is 2.80. The summed E-state index contributed by atoms with van der Waals surface area (Å²) in [6.45, 7) is 9.33. The van der Waals surface area contributed by atoms with E-state index in [2.05, 4.69) is 125 Å². The highest BCUT2D eigenvalue weighted by molar-refractivity contribution is 5.87. The molecule has 0 fully saturated rings. The number of aromatic nitrogens is 1. The summed E-state index contributed by atoms with van der Waals surface area (Å²) in [4.78, 5) is 4.81. The Balaban J connectivity index is 1.29. The summed E-state index contributed by atoms with van der Waals surface area (Å²) in [5.41, 5.74) is 15.6. The lowest BCUT2D eigenvalue weighted by molar-refractivity contribution is 0.660. The van der Waals surface area contributed by atoms with E-state index < -0.39 is 0 Å². The SMILES string of the molecule is CC1(C)c2ccccc2-c2ccc(-c3ccc(-c4ccnc5c4C(C)(C)c4ccccc4-5)cc3)cc21. The van der Waals surface area contributed by atoms with Crippen molar-refractivity contribution in [3.8, 4) is 44.6 Å². The van der Waals surface area contributed by atoms with Crippen molar-refractivity contribution in [1.29, 1.82) is 0 Å². The molecule has 2 aliphatic rings. The topological polar surface area (TPSA) is 12.9 Å². The summed E-state index contributed by atoms with van der Waals surface area (Å²) in [6.07, 6.45) is 1.96. The Morgan fingerprint density at radius 3 is 1.81 bits per heavy atom. The molecule has 1 heterocycles. The van der Waals surface area contributed by atoms with Gasteiger partial charge in [0.15, 0.2) is 0 Å². The monoisotopic (exact) mass is 463 g/mol. The van der Waals surface area contributed by atoms with Gasteiger partial charge in [0, 0.05) is 22.6 Å². The molecule has 174 valence electrons. The van der Waals surface area contributed by atoms with Gasteiger partial charge in [-0.15, -0.1) is 0 Å². The third-order valence-corrected chi connectivity index (χ3v) is 8.54. The lowest BCUT2D eigenvalue weighted by atomic mass is 9.79. The molecule has 1 aromatic heterocycles. The highest BCUT2D eigenvalue weighted by Gasteiger charge is 2.38. The molecule has 0 spiro atoms. The van der Waals surface area contributed by atoms with E-state index in [-0.39, 0.29) is 10.8 Å². The molecule has 7 rings (SSSR count). The van der Waals surface area contributed by atoms with Crippen LogP contribution in [0.4, 0.5) is 0 Å². The normalized spacial score (nSPS) is 15.7. The molecule has 5 aromatic rings. The molecule has 0 amide bonds.